The third-order valence-electron chi connectivity index (χ3n) is 3.94. The zero-order chi connectivity index (χ0) is 11.9. The summed E-state index contributed by atoms with van der Waals surface area (Å²) < 4.78 is 0. The Kier molecular flexibility index (Phi) is 2.96. The number of rotatable bonds is 1. The van der Waals surface area contributed by atoms with Crippen molar-refractivity contribution >= 4 is 0 Å². The van der Waals surface area contributed by atoms with Crippen molar-refractivity contribution in [2.24, 2.45) is 5.92 Å². The van der Waals surface area contributed by atoms with E-state index in [2.05, 4.69) is 33.8 Å². The van der Waals surface area contributed by atoms with Gasteiger partial charge < -0.3 is 5.11 Å². The van der Waals surface area contributed by atoms with Gasteiger partial charge in [-0.1, -0.05) is 26.8 Å². The minimum atomic E-state index is 0.505. The van der Waals surface area contributed by atoms with Gasteiger partial charge >= 0.3 is 0 Å². The number of hydrogen-bond donors (Lipinski definition) is 1. The Bertz CT molecular complexity index is 393. The second kappa shape index (κ2) is 4.12. The van der Waals surface area contributed by atoms with Crippen molar-refractivity contribution in [3.63, 3.8) is 0 Å². The molecule has 16 heavy (non-hydrogen) atoms. The van der Waals surface area contributed by atoms with Crippen LogP contribution in [0.4, 0.5) is 0 Å². The quantitative estimate of drug-likeness (QED) is 0.743. The van der Waals surface area contributed by atoms with E-state index in [1.165, 1.54) is 29.5 Å². The normalized spacial score (nSPS) is 24.6. The molecular formula is C15H22O. The zero-order valence-electron chi connectivity index (χ0n) is 10.7. The van der Waals surface area contributed by atoms with Crippen LogP contribution in [0.3, 0.4) is 0 Å². The predicted octanol–water partition coefficient (Wildman–Crippen LogP) is 4.34. The monoisotopic (exact) mass is 218 g/mol. The van der Waals surface area contributed by atoms with E-state index in [9.17, 15) is 5.11 Å². The summed E-state index contributed by atoms with van der Waals surface area (Å²) in [6, 6.07) is 4.17. The largest absolute Gasteiger partial charge is 0.508 e. The molecule has 0 fully saturated rings. The van der Waals surface area contributed by atoms with E-state index >= 15 is 0 Å². The lowest BCUT2D eigenvalue weighted by atomic mass is 9.72. The molecular weight excluding hydrogens is 196 g/mol. The minimum Gasteiger partial charge on any atom is -0.508 e. The van der Waals surface area contributed by atoms with Gasteiger partial charge in [0.1, 0.15) is 5.75 Å². The molecule has 1 aromatic rings. The van der Waals surface area contributed by atoms with Crippen LogP contribution in [-0.2, 0) is 0 Å². The van der Waals surface area contributed by atoms with Crippen LogP contribution in [0.2, 0.25) is 0 Å². The summed E-state index contributed by atoms with van der Waals surface area (Å²) in [6.07, 6.45) is 2.46. The van der Waals surface area contributed by atoms with Crippen molar-refractivity contribution in [3.8, 4) is 5.75 Å². The molecule has 0 heterocycles. The third-order valence-corrected chi connectivity index (χ3v) is 3.94. The third kappa shape index (κ3) is 1.83. The van der Waals surface area contributed by atoms with E-state index in [1.807, 2.05) is 6.07 Å². The summed E-state index contributed by atoms with van der Waals surface area (Å²) in [5, 5.41) is 10.1. The first kappa shape index (κ1) is 11.5. The van der Waals surface area contributed by atoms with Crippen molar-refractivity contribution in [3.05, 3.63) is 28.8 Å². The first-order valence-corrected chi connectivity index (χ1v) is 6.34. The van der Waals surface area contributed by atoms with E-state index in [0.29, 0.717) is 23.5 Å². The van der Waals surface area contributed by atoms with Crippen molar-refractivity contribution < 1.29 is 5.11 Å². The molecule has 2 atom stereocenters. The number of phenols is 1. The predicted molar refractivity (Wildman–Crippen MR) is 68.1 cm³/mol. The molecule has 0 bridgehead atoms. The van der Waals surface area contributed by atoms with Crippen LogP contribution < -0.4 is 0 Å². The molecule has 1 aromatic carbocycles. The molecule has 0 radical (unpaired) electrons. The number of benzene rings is 1. The Labute approximate surface area is 98.5 Å². The van der Waals surface area contributed by atoms with Crippen LogP contribution in [0, 0.1) is 12.8 Å². The first-order chi connectivity index (χ1) is 7.50. The van der Waals surface area contributed by atoms with Gasteiger partial charge in [-0.05, 0) is 54.7 Å². The molecule has 1 aliphatic carbocycles. The number of fused-ring (bicyclic) bond motifs is 1. The Morgan fingerprint density at radius 3 is 2.56 bits per heavy atom. The van der Waals surface area contributed by atoms with Crippen molar-refractivity contribution in [2.45, 2.75) is 52.4 Å². The van der Waals surface area contributed by atoms with Gasteiger partial charge in [0.25, 0.3) is 0 Å². The SMILES string of the molecule is Cc1cc(O)c2c(c1)[C@@H](C(C)C)CC[C@H]2C. The minimum absolute atomic E-state index is 0.505. The topological polar surface area (TPSA) is 20.2 Å². The maximum atomic E-state index is 10.1. The number of aryl methyl sites for hydroxylation is 1. The highest BCUT2D eigenvalue weighted by Crippen LogP contribution is 2.45. The molecule has 0 unspecified atom stereocenters. The highest BCUT2D eigenvalue weighted by atomic mass is 16.3. The highest BCUT2D eigenvalue weighted by Gasteiger charge is 2.29. The standard InChI is InChI=1S/C15H22O/c1-9(2)12-6-5-11(4)15-13(12)7-10(3)8-14(15)16/h7-9,11-12,16H,5-6H2,1-4H3/t11-,12-/m1/s1. The molecule has 0 spiro atoms. The van der Waals surface area contributed by atoms with Crippen LogP contribution in [0.25, 0.3) is 0 Å². The fourth-order valence-corrected chi connectivity index (χ4v) is 3.07. The van der Waals surface area contributed by atoms with Crippen molar-refractivity contribution in [1.82, 2.24) is 0 Å². The zero-order valence-corrected chi connectivity index (χ0v) is 10.7. The molecule has 1 nitrogen and oxygen atoms in total. The lowest BCUT2D eigenvalue weighted by molar-refractivity contribution is 0.391. The van der Waals surface area contributed by atoms with Gasteiger partial charge in [-0.15, -0.1) is 0 Å². The number of phenolic OH excluding ortho intramolecular Hbond substituents is 1. The van der Waals surface area contributed by atoms with Gasteiger partial charge in [-0.3, -0.25) is 0 Å². The number of aromatic hydroxyl groups is 1. The summed E-state index contributed by atoms with van der Waals surface area (Å²) in [4.78, 5) is 0. The van der Waals surface area contributed by atoms with E-state index in [1.54, 1.807) is 0 Å². The van der Waals surface area contributed by atoms with Gasteiger partial charge in [-0.2, -0.15) is 0 Å². The maximum Gasteiger partial charge on any atom is 0.119 e. The fraction of sp³-hybridized carbons (Fsp3) is 0.600. The Morgan fingerprint density at radius 2 is 1.94 bits per heavy atom. The average Bonchev–Trinajstić information content (AvgIpc) is 2.15. The average molecular weight is 218 g/mol. The van der Waals surface area contributed by atoms with Crippen molar-refractivity contribution in [2.75, 3.05) is 0 Å². The fourth-order valence-electron chi connectivity index (χ4n) is 3.07. The van der Waals surface area contributed by atoms with E-state index in [4.69, 9.17) is 0 Å². The van der Waals surface area contributed by atoms with Gasteiger partial charge in [-0.25, -0.2) is 0 Å². The summed E-state index contributed by atoms with van der Waals surface area (Å²) in [7, 11) is 0. The van der Waals surface area contributed by atoms with Gasteiger partial charge in [0.15, 0.2) is 0 Å². The molecule has 0 saturated heterocycles. The summed E-state index contributed by atoms with van der Waals surface area (Å²) in [5.41, 5.74) is 3.78. The van der Waals surface area contributed by atoms with Crippen LogP contribution in [0.15, 0.2) is 12.1 Å². The molecule has 0 amide bonds. The second-order valence-corrected chi connectivity index (χ2v) is 5.62. The Balaban J connectivity index is 2.56. The molecule has 0 aliphatic heterocycles. The second-order valence-electron chi connectivity index (χ2n) is 5.62. The maximum absolute atomic E-state index is 10.1. The summed E-state index contributed by atoms with van der Waals surface area (Å²) >= 11 is 0. The van der Waals surface area contributed by atoms with Crippen molar-refractivity contribution in [1.29, 1.82) is 0 Å². The lowest BCUT2D eigenvalue weighted by Gasteiger charge is -2.33. The van der Waals surface area contributed by atoms with Gasteiger partial charge in [0, 0.05) is 5.56 Å². The summed E-state index contributed by atoms with van der Waals surface area (Å²) in [5.74, 6) is 2.29. The van der Waals surface area contributed by atoms with Crippen LogP contribution in [0.5, 0.6) is 5.75 Å². The molecule has 2 rings (SSSR count). The highest BCUT2D eigenvalue weighted by molar-refractivity contribution is 5.47. The molecule has 1 aliphatic rings. The van der Waals surface area contributed by atoms with E-state index < -0.39 is 0 Å². The Hall–Kier alpha value is -0.980. The van der Waals surface area contributed by atoms with Gasteiger partial charge in [0.2, 0.25) is 0 Å². The molecule has 0 saturated carbocycles. The smallest absolute Gasteiger partial charge is 0.119 e. The van der Waals surface area contributed by atoms with Crippen LogP contribution in [-0.4, -0.2) is 5.11 Å². The molecule has 1 heteroatoms. The Morgan fingerprint density at radius 1 is 1.25 bits per heavy atom. The molecule has 88 valence electrons. The van der Waals surface area contributed by atoms with Crippen LogP contribution in [0.1, 0.15) is 62.1 Å². The first-order valence-electron chi connectivity index (χ1n) is 6.34. The van der Waals surface area contributed by atoms with E-state index in [0.717, 1.165) is 0 Å². The van der Waals surface area contributed by atoms with E-state index in [-0.39, 0.29) is 0 Å². The molecule has 1 N–H and O–H groups in total. The molecule has 0 aromatic heterocycles. The summed E-state index contributed by atoms with van der Waals surface area (Å²) in [6.45, 7) is 8.86. The van der Waals surface area contributed by atoms with Crippen LogP contribution >= 0.6 is 0 Å². The lowest BCUT2D eigenvalue weighted by Crippen LogP contribution is -2.17. The van der Waals surface area contributed by atoms with Gasteiger partial charge in [0.05, 0.1) is 0 Å². The number of hydrogen-bond acceptors (Lipinski definition) is 1.